The molecule has 0 amide bonds. The van der Waals surface area contributed by atoms with Crippen LogP contribution in [0.5, 0.6) is 0 Å². The van der Waals surface area contributed by atoms with Crippen LogP contribution in [0, 0.1) is 5.92 Å². The summed E-state index contributed by atoms with van der Waals surface area (Å²) < 4.78 is 5.24. The first-order valence-corrected chi connectivity index (χ1v) is 7.16. The fourth-order valence-electron chi connectivity index (χ4n) is 1.01. The van der Waals surface area contributed by atoms with E-state index in [0.29, 0.717) is 19.1 Å². The number of nitrogens with one attached hydrogen (secondary N) is 1. The SMILES string of the molecule is C=C(NC(=C)C(C)COCCO)SCCCCl. The molecule has 0 aromatic heterocycles. The summed E-state index contributed by atoms with van der Waals surface area (Å²) in [5, 5.41) is 12.6. The Kier molecular flexibility index (Phi) is 10.9. The van der Waals surface area contributed by atoms with Crippen LogP contribution in [0.2, 0.25) is 0 Å². The topological polar surface area (TPSA) is 41.5 Å². The number of halogens is 1. The summed E-state index contributed by atoms with van der Waals surface area (Å²) in [6, 6.07) is 0. The molecule has 0 spiro atoms. The van der Waals surface area contributed by atoms with Crippen molar-refractivity contribution < 1.29 is 9.84 Å². The smallest absolute Gasteiger partial charge is 0.0698 e. The van der Waals surface area contributed by atoms with Gasteiger partial charge in [0, 0.05) is 23.2 Å². The van der Waals surface area contributed by atoms with E-state index in [-0.39, 0.29) is 12.5 Å². The van der Waals surface area contributed by atoms with Gasteiger partial charge in [-0.2, -0.15) is 0 Å². The Balaban J connectivity index is 3.71. The van der Waals surface area contributed by atoms with Gasteiger partial charge in [0.1, 0.15) is 0 Å². The quantitative estimate of drug-likeness (QED) is 0.451. The van der Waals surface area contributed by atoms with E-state index in [1.54, 1.807) is 11.8 Å². The molecule has 0 heterocycles. The molecule has 0 aliphatic heterocycles. The lowest BCUT2D eigenvalue weighted by Gasteiger charge is -2.17. The van der Waals surface area contributed by atoms with Gasteiger partial charge in [-0.1, -0.05) is 20.1 Å². The molecule has 3 nitrogen and oxygen atoms in total. The van der Waals surface area contributed by atoms with E-state index in [2.05, 4.69) is 18.5 Å². The van der Waals surface area contributed by atoms with Gasteiger partial charge in [-0.3, -0.25) is 0 Å². The van der Waals surface area contributed by atoms with Crippen LogP contribution in [-0.4, -0.2) is 36.6 Å². The first-order chi connectivity index (χ1) is 8.11. The zero-order valence-corrected chi connectivity index (χ0v) is 11.9. The summed E-state index contributed by atoms with van der Waals surface area (Å²) in [6.45, 7) is 10.8. The molecule has 0 aromatic carbocycles. The van der Waals surface area contributed by atoms with Crippen LogP contribution in [0.25, 0.3) is 0 Å². The van der Waals surface area contributed by atoms with Crippen LogP contribution in [-0.2, 0) is 4.74 Å². The minimum Gasteiger partial charge on any atom is -0.394 e. The average molecular weight is 280 g/mol. The maximum absolute atomic E-state index is 8.59. The van der Waals surface area contributed by atoms with E-state index in [0.717, 1.165) is 22.9 Å². The number of alkyl halides is 1. The minimum absolute atomic E-state index is 0.0492. The average Bonchev–Trinajstić information content (AvgIpc) is 2.29. The van der Waals surface area contributed by atoms with Crippen LogP contribution in [0.1, 0.15) is 13.3 Å². The molecule has 0 radical (unpaired) electrons. The summed E-state index contributed by atoms with van der Waals surface area (Å²) in [7, 11) is 0. The van der Waals surface area contributed by atoms with Gasteiger partial charge >= 0.3 is 0 Å². The van der Waals surface area contributed by atoms with Crippen molar-refractivity contribution in [2.45, 2.75) is 13.3 Å². The third-order valence-corrected chi connectivity index (χ3v) is 3.26. The van der Waals surface area contributed by atoms with Gasteiger partial charge in [-0.15, -0.1) is 23.4 Å². The maximum atomic E-state index is 8.59. The van der Waals surface area contributed by atoms with Crippen molar-refractivity contribution >= 4 is 23.4 Å². The van der Waals surface area contributed by atoms with Crippen molar-refractivity contribution in [2.75, 3.05) is 31.5 Å². The number of ether oxygens (including phenoxy) is 1. The Morgan fingerprint density at radius 3 is 2.82 bits per heavy atom. The van der Waals surface area contributed by atoms with Gasteiger partial charge in [-0.25, -0.2) is 0 Å². The van der Waals surface area contributed by atoms with Crippen molar-refractivity contribution in [1.82, 2.24) is 5.32 Å². The summed E-state index contributed by atoms with van der Waals surface area (Å²) >= 11 is 7.24. The van der Waals surface area contributed by atoms with Crippen LogP contribution in [0.4, 0.5) is 0 Å². The van der Waals surface area contributed by atoms with Crippen molar-refractivity contribution in [3.63, 3.8) is 0 Å². The highest BCUT2D eigenvalue weighted by molar-refractivity contribution is 8.02. The molecule has 1 unspecified atom stereocenters. The lowest BCUT2D eigenvalue weighted by atomic mass is 10.1. The molecule has 0 bridgehead atoms. The molecular weight excluding hydrogens is 258 g/mol. The predicted octanol–water partition coefficient (Wildman–Crippen LogP) is 2.57. The second kappa shape index (κ2) is 11.0. The number of thioether (sulfide) groups is 1. The molecule has 0 saturated carbocycles. The summed E-state index contributed by atoms with van der Waals surface area (Å²) in [6.07, 6.45) is 0.967. The van der Waals surface area contributed by atoms with Gasteiger partial charge in [0.05, 0.1) is 24.8 Å². The third-order valence-electron chi connectivity index (χ3n) is 2.05. The van der Waals surface area contributed by atoms with E-state index in [1.807, 2.05) is 6.92 Å². The minimum atomic E-state index is 0.0492. The first-order valence-electron chi connectivity index (χ1n) is 5.64. The predicted molar refractivity (Wildman–Crippen MR) is 76.3 cm³/mol. The van der Waals surface area contributed by atoms with Crippen LogP contribution in [0.3, 0.4) is 0 Å². The number of rotatable bonds is 11. The normalized spacial score (nSPS) is 12.2. The molecular formula is C12H22ClNO2S. The van der Waals surface area contributed by atoms with Gasteiger partial charge in [0.2, 0.25) is 0 Å². The molecule has 0 aliphatic carbocycles. The Morgan fingerprint density at radius 2 is 2.24 bits per heavy atom. The molecule has 1 atom stereocenters. The van der Waals surface area contributed by atoms with E-state index < -0.39 is 0 Å². The fraction of sp³-hybridized carbons (Fsp3) is 0.667. The third kappa shape index (κ3) is 9.53. The summed E-state index contributed by atoms with van der Waals surface area (Å²) in [4.78, 5) is 0. The standard InChI is InChI=1S/C12H22ClNO2S/c1-10(9-16-7-6-15)11(2)14-12(3)17-8-4-5-13/h10,14-15H,2-9H2,1H3. The van der Waals surface area contributed by atoms with Crippen molar-refractivity contribution in [2.24, 2.45) is 5.92 Å². The highest BCUT2D eigenvalue weighted by Crippen LogP contribution is 2.16. The van der Waals surface area contributed by atoms with Crippen molar-refractivity contribution in [3.8, 4) is 0 Å². The van der Waals surface area contributed by atoms with E-state index in [4.69, 9.17) is 21.4 Å². The van der Waals surface area contributed by atoms with Crippen molar-refractivity contribution in [3.05, 3.63) is 23.9 Å². The number of aliphatic hydroxyl groups excluding tert-OH is 1. The van der Waals surface area contributed by atoms with Crippen LogP contribution in [0.15, 0.2) is 23.9 Å². The number of hydrogen-bond acceptors (Lipinski definition) is 4. The van der Waals surface area contributed by atoms with Gasteiger partial charge in [0.25, 0.3) is 0 Å². The van der Waals surface area contributed by atoms with Gasteiger partial charge < -0.3 is 15.2 Å². The zero-order chi connectivity index (χ0) is 13.1. The highest BCUT2D eigenvalue weighted by Gasteiger charge is 2.07. The fourth-order valence-corrected chi connectivity index (χ4v) is 2.04. The summed E-state index contributed by atoms with van der Waals surface area (Å²) in [5.41, 5.74) is 0.881. The lowest BCUT2D eigenvalue weighted by molar-refractivity contribution is 0.0774. The molecule has 17 heavy (non-hydrogen) atoms. The maximum Gasteiger partial charge on any atom is 0.0698 e. The van der Waals surface area contributed by atoms with Crippen molar-refractivity contribution in [1.29, 1.82) is 0 Å². The van der Waals surface area contributed by atoms with E-state index >= 15 is 0 Å². The lowest BCUT2D eigenvalue weighted by Crippen LogP contribution is -2.20. The second-order valence-corrected chi connectivity index (χ2v) is 5.23. The molecule has 5 heteroatoms. The van der Waals surface area contributed by atoms with E-state index in [1.165, 1.54) is 0 Å². The van der Waals surface area contributed by atoms with Gasteiger partial charge in [-0.05, 0) is 6.42 Å². The molecule has 0 aliphatic rings. The largest absolute Gasteiger partial charge is 0.394 e. The first kappa shape index (κ1) is 16.8. The Labute approximate surface area is 113 Å². The Morgan fingerprint density at radius 1 is 1.53 bits per heavy atom. The zero-order valence-electron chi connectivity index (χ0n) is 10.4. The van der Waals surface area contributed by atoms with Crippen LogP contribution < -0.4 is 5.32 Å². The molecule has 0 rings (SSSR count). The van der Waals surface area contributed by atoms with E-state index in [9.17, 15) is 0 Å². The molecule has 0 saturated heterocycles. The monoisotopic (exact) mass is 279 g/mol. The highest BCUT2D eigenvalue weighted by atomic mass is 35.5. The Bertz CT molecular complexity index is 237. The second-order valence-electron chi connectivity index (χ2n) is 3.66. The molecule has 2 N–H and O–H groups in total. The Hall–Kier alpha value is -0.160. The molecule has 0 fully saturated rings. The molecule has 0 aromatic rings. The van der Waals surface area contributed by atoms with Gasteiger partial charge in [0.15, 0.2) is 0 Å². The molecule has 100 valence electrons. The number of aliphatic hydroxyl groups is 1. The number of hydrogen-bond donors (Lipinski definition) is 2. The van der Waals surface area contributed by atoms with Crippen LogP contribution >= 0.6 is 23.4 Å². The summed E-state index contributed by atoms with van der Waals surface area (Å²) in [5.74, 6) is 1.82.